The number of allylic oxidation sites excluding steroid dienone is 2. The fourth-order valence-electron chi connectivity index (χ4n) is 10.8. The van der Waals surface area contributed by atoms with E-state index in [0.29, 0.717) is 17.8 Å². The number of hydrogen-bond acceptors (Lipinski definition) is 4. The number of hydrogen-bond donors (Lipinski definition) is 1. The highest BCUT2D eigenvalue weighted by molar-refractivity contribution is 5.92. The predicted octanol–water partition coefficient (Wildman–Crippen LogP) is 6.72. The summed E-state index contributed by atoms with van der Waals surface area (Å²) in [6.45, 7) is 18.5. The Morgan fingerprint density at radius 1 is 0.943 bits per heavy atom. The topological polar surface area (TPSA) is 55.8 Å². The van der Waals surface area contributed by atoms with Crippen molar-refractivity contribution in [3.63, 3.8) is 0 Å². The molecule has 4 nitrogen and oxygen atoms in total. The van der Waals surface area contributed by atoms with Gasteiger partial charge in [-0.2, -0.15) is 0 Å². The first-order chi connectivity index (χ1) is 16.2. The molecule has 4 heteroatoms. The van der Waals surface area contributed by atoms with Gasteiger partial charge in [-0.1, -0.05) is 52.7 Å². The van der Waals surface area contributed by atoms with Crippen LogP contribution in [0.25, 0.3) is 0 Å². The average Bonchev–Trinajstić information content (AvgIpc) is 3.13. The third-order valence-electron chi connectivity index (χ3n) is 13.0. The second-order valence-electron chi connectivity index (χ2n) is 14.6. The van der Waals surface area contributed by atoms with E-state index in [1.807, 2.05) is 13.8 Å². The molecule has 35 heavy (non-hydrogen) atoms. The first-order valence-electron chi connectivity index (χ1n) is 14.2. The van der Waals surface area contributed by atoms with Crippen LogP contribution in [0.5, 0.6) is 0 Å². The second-order valence-corrected chi connectivity index (χ2v) is 14.6. The van der Waals surface area contributed by atoms with Crippen molar-refractivity contribution in [2.24, 2.45) is 39.4 Å². The number of aliphatic hydroxyl groups excluding tert-OH is 1. The smallest absolute Gasteiger partial charge is 0.336 e. The SMILES string of the molecule is CC1=C(C)[C@@]2(C[C@@H](C)[C@H]3[C@@H](C[C@@]4(C)C5=C(CC[C@]34C)[C@@]3(C)CC[C@@H](O)C(C)(C)[C@@H]3CC5)O2)OC1=O. The van der Waals surface area contributed by atoms with Gasteiger partial charge in [-0.25, -0.2) is 4.79 Å². The second kappa shape index (κ2) is 7.04. The summed E-state index contributed by atoms with van der Waals surface area (Å²) in [5, 5.41) is 10.9. The molecule has 0 radical (unpaired) electrons. The maximum absolute atomic E-state index is 12.5. The minimum Gasteiger partial charge on any atom is -0.426 e. The van der Waals surface area contributed by atoms with Gasteiger partial charge < -0.3 is 14.6 Å². The Morgan fingerprint density at radius 2 is 1.66 bits per heavy atom. The van der Waals surface area contributed by atoms with E-state index >= 15 is 0 Å². The van der Waals surface area contributed by atoms with Crippen LogP contribution in [0, 0.1) is 39.4 Å². The minimum atomic E-state index is -0.855. The standard InChI is InChI=1S/C31H46O4/c1-17-15-31(19(3)18(2)26(33)35-31)34-22-16-30(8)21-9-10-23-27(4,5)24(32)12-13-28(23,6)20(21)11-14-29(30,7)25(17)22/h17,22-25,32H,9-16H2,1-8H3/t17-,22-,23+,24-,25+,28-,29-,30+,31-/m1/s1. The molecule has 4 aliphatic carbocycles. The fraction of sp³-hybridized carbons (Fsp3) is 0.839. The third kappa shape index (κ3) is 2.74. The zero-order valence-corrected chi connectivity index (χ0v) is 23.2. The van der Waals surface area contributed by atoms with E-state index in [9.17, 15) is 9.90 Å². The molecular formula is C31H46O4. The van der Waals surface area contributed by atoms with Crippen LogP contribution in [0.2, 0.25) is 0 Å². The van der Waals surface area contributed by atoms with Crippen LogP contribution in [0.1, 0.15) is 107 Å². The van der Waals surface area contributed by atoms with Gasteiger partial charge in [0.2, 0.25) is 5.79 Å². The van der Waals surface area contributed by atoms with Crippen molar-refractivity contribution in [3.8, 4) is 0 Å². The van der Waals surface area contributed by atoms with Crippen LogP contribution in [0.4, 0.5) is 0 Å². The van der Waals surface area contributed by atoms with Gasteiger partial charge in [-0.3, -0.25) is 0 Å². The largest absolute Gasteiger partial charge is 0.426 e. The summed E-state index contributed by atoms with van der Waals surface area (Å²) >= 11 is 0. The van der Waals surface area contributed by atoms with Crippen molar-refractivity contribution in [2.45, 2.75) is 125 Å². The van der Waals surface area contributed by atoms with E-state index < -0.39 is 5.79 Å². The number of fused-ring (bicyclic) bond motifs is 6. The molecule has 0 bridgehead atoms. The van der Waals surface area contributed by atoms with E-state index in [1.54, 1.807) is 11.1 Å². The van der Waals surface area contributed by atoms with Gasteiger partial charge in [-0.15, -0.1) is 0 Å². The lowest BCUT2D eigenvalue weighted by molar-refractivity contribution is -0.262. The molecule has 2 saturated carbocycles. The molecule has 0 aromatic carbocycles. The summed E-state index contributed by atoms with van der Waals surface area (Å²) in [5.74, 6) is 0.397. The van der Waals surface area contributed by atoms with Gasteiger partial charge in [0.05, 0.1) is 12.2 Å². The molecule has 9 atom stereocenters. The minimum absolute atomic E-state index is 0.0328. The number of aliphatic hydroxyl groups is 1. The van der Waals surface area contributed by atoms with E-state index in [1.165, 1.54) is 19.3 Å². The van der Waals surface area contributed by atoms with Crippen LogP contribution >= 0.6 is 0 Å². The molecule has 0 aromatic heterocycles. The van der Waals surface area contributed by atoms with Gasteiger partial charge >= 0.3 is 5.97 Å². The quantitative estimate of drug-likeness (QED) is 0.307. The Balaban J connectivity index is 1.41. The zero-order valence-electron chi connectivity index (χ0n) is 23.2. The van der Waals surface area contributed by atoms with Gasteiger partial charge in [-0.05, 0) is 98.2 Å². The lowest BCUT2D eigenvalue weighted by atomic mass is 9.43. The maximum Gasteiger partial charge on any atom is 0.336 e. The first kappa shape index (κ1) is 24.2. The van der Waals surface area contributed by atoms with Gasteiger partial charge in [0.1, 0.15) is 0 Å². The van der Waals surface area contributed by atoms with Gasteiger partial charge in [0, 0.05) is 17.6 Å². The van der Waals surface area contributed by atoms with Crippen molar-refractivity contribution >= 4 is 5.97 Å². The summed E-state index contributed by atoms with van der Waals surface area (Å²) in [6, 6.07) is 0. The number of carbonyl (C=O) groups excluding carboxylic acids is 1. The molecule has 1 saturated heterocycles. The van der Waals surface area contributed by atoms with Crippen molar-refractivity contribution in [1.82, 2.24) is 0 Å². The Morgan fingerprint density at radius 3 is 2.31 bits per heavy atom. The molecule has 2 aliphatic heterocycles. The lowest BCUT2D eigenvalue weighted by Gasteiger charge is -2.62. The molecule has 0 unspecified atom stereocenters. The number of rotatable bonds is 0. The Bertz CT molecular complexity index is 1050. The van der Waals surface area contributed by atoms with E-state index in [0.717, 1.165) is 43.3 Å². The zero-order chi connectivity index (χ0) is 25.3. The van der Waals surface area contributed by atoms with E-state index in [-0.39, 0.29) is 39.8 Å². The molecular weight excluding hydrogens is 436 g/mol. The molecule has 1 spiro atoms. The molecule has 0 aromatic rings. The summed E-state index contributed by atoms with van der Waals surface area (Å²) in [4.78, 5) is 12.5. The first-order valence-corrected chi connectivity index (χ1v) is 14.2. The molecule has 6 aliphatic rings. The highest BCUT2D eigenvalue weighted by Gasteiger charge is 2.69. The summed E-state index contributed by atoms with van der Waals surface area (Å²) in [5.41, 5.74) is 5.63. The number of carbonyl (C=O) groups is 1. The molecule has 0 amide bonds. The summed E-state index contributed by atoms with van der Waals surface area (Å²) < 4.78 is 12.9. The van der Waals surface area contributed by atoms with E-state index in [2.05, 4.69) is 41.5 Å². The molecule has 2 heterocycles. The third-order valence-corrected chi connectivity index (χ3v) is 13.0. The lowest BCUT2D eigenvalue weighted by Crippen LogP contribution is -2.55. The van der Waals surface area contributed by atoms with Crippen molar-refractivity contribution in [2.75, 3.05) is 0 Å². The fourth-order valence-corrected chi connectivity index (χ4v) is 10.8. The summed E-state index contributed by atoms with van der Waals surface area (Å²) in [7, 11) is 0. The van der Waals surface area contributed by atoms with Crippen molar-refractivity contribution < 1.29 is 19.4 Å². The summed E-state index contributed by atoms with van der Waals surface area (Å²) in [6.07, 6.45) is 8.47. The van der Waals surface area contributed by atoms with Crippen LogP contribution in [0.15, 0.2) is 22.3 Å². The van der Waals surface area contributed by atoms with E-state index in [4.69, 9.17) is 9.47 Å². The molecule has 194 valence electrons. The van der Waals surface area contributed by atoms with Crippen LogP contribution in [-0.4, -0.2) is 29.1 Å². The maximum atomic E-state index is 12.5. The highest BCUT2D eigenvalue weighted by Crippen LogP contribution is 2.74. The van der Waals surface area contributed by atoms with Crippen molar-refractivity contribution in [3.05, 3.63) is 22.3 Å². The Kier molecular flexibility index (Phi) is 4.87. The molecule has 1 N–H and O–H groups in total. The Hall–Kier alpha value is -1.13. The monoisotopic (exact) mass is 482 g/mol. The normalized spacial score (nSPS) is 52.7. The average molecular weight is 483 g/mol. The van der Waals surface area contributed by atoms with Gasteiger partial charge in [0.15, 0.2) is 0 Å². The van der Waals surface area contributed by atoms with Crippen LogP contribution in [-0.2, 0) is 14.3 Å². The molecule has 6 rings (SSSR count). The Labute approximate surface area is 211 Å². The van der Waals surface area contributed by atoms with Crippen LogP contribution < -0.4 is 0 Å². The van der Waals surface area contributed by atoms with Crippen molar-refractivity contribution in [1.29, 1.82) is 0 Å². The van der Waals surface area contributed by atoms with Gasteiger partial charge in [0.25, 0.3) is 0 Å². The number of ether oxygens (including phenoxy) is 2. The van der Waals surface area contributed by atoms with Crippen LogP contribution in [0.3, 0.4) is 0 Å². The predicted molar refractivity (Wildman–Crippen MR) is 136 cm³/mol. The molecule has 3 fully saturated rings. The number of esters is 1. The highest BCUT2D eigenvalue weighted by atomic mass is 16.7.